The normalized spacial score (nSPS) is 13.4. The summed E-state index contributed by atoms with van der Waals surface area (Å²) in [6.45, 7) is 2.05. The van der Waals surface area contributed by atoms with Crippen molar-refractivity contribution in [2.45, 2.75) is 12.8 Å². The number of carbonyl (C=O) groups excluding carboxylic acids is 2. The highest BCUT2D eigenvalue weighted by molar-refractivity contribution is 5.91. The van der Waals surface area contributed by atoms with E-state index < -0.39 is 0 Å². The van der Waals surface area contributed by atoms with Crippen molar-refractivity contribution in [1.29, 1.82) is 0 Å². The molecule has 1 saturated carbocycles. The summed E-state index contributed by atoms with van der Waals surface area (Å²) in [6.07, 6.45) is 3.99. The Morgan fingerprint density at radius 3 is 2.65 bits per heavy atom. The average Bonchev–Trinajstić information content (AvgIpc) is 3.06. The minimum Gasteiger partial charge on any atom is -0.459 e. The van der Waals surface area contributed by atoms with Gasteiger partial charge in [-0.15, -0.1) is 12.4 Å². The summed E-state index contributed by atoms with van der Waals surface area (Å²) in [5, 5.41) is 8.49. The Balaban J connectivity index is 0.00000200. The Morgan fingerprint density at radius 2 is 2.00 bits per heavy atom. The minimum absolute atomic E-state index is 0. The molecule has 0 aromatic carbocycles. The van der Waals surface area contributed by atoms with Crippen molar-refractivity contribution >= 4 is 24.2 Å². The van der Waals surface area contributed by atoms with Crippen LogP contribution in [0.25, 0.3) is 0 Å². The van der Waals surface area contributed by atoms with Gasteiger partial charge in [-0.3, -0.25) is 9.59 Å². The molecule has 1 fully saturated rings. The molecule has 0 spiro atoms. The fourth-order valence-corrected chi connectivity index (χ4v) is 1.65. The van der Waals surface area contributed by atoms with Gasteiger partial charge in [0.25, 0.3) is 5.91 Å². The Kier molecular flexibility index (Phi) is 7.11. The number of furan rings is 1. The molecule has 0 bridgehead atoms. The maximum atomic E-state index is 11.5. The van der Waals surface area contributed by atoms with Crippen LogP contribution in [0.1, 0.15) is 23.4 Å². The van der Waals surface area contributed by atoms with Crippen molar-refractivity contribution in [3.63, 3.8) is 0 Å². The van der Waals surface area contributed by atoms with E-state index in [1.54, 1.807) is 12.1 Å². The average molecular weight is 302 g/mol. The maximum absolute atomic E-state index is 11.5. The van der Waals surface area contributed by atoms with E-state index >= 15 is 0 Å². The molecule has 1 aliphatic rings. The van der Waals surface area contributed by atoms with Crippen molar-refractivity contribution in [2.24, 2.45) is 5.92 Å². The van der Waals surface area contributed by atoms with Crippen LogP contribution in [-0.4, -0.2) is 38.0 Å². The third kappa shape index (κ3) is 6.08. The van der Waals surface area contributed by atoms with E-state index in [1.165, 1.54) is 19.1 Å². The van der Waals surface area contributed by atoms with Crippen LogP contribution in [0.3, 0.4) is 0 Å². The van der Waals surface area contributed by atoms with Gasteiger partial charge in [-0.05, 0) is 37.4 Å². The van der Waals surface area contributed by atoms with Gasteiger partial charge in [-0.2, -0.15) is 0 Å². The number of rotatable bonds is 8. The molecule has 0 atom stereocenters. The zero-order valence-electron chi connectivity index (χ0n) is 11.2. The molecule has 1 heterocycles. The largest absolute Gasteiger partial charge is 0.459 e. The van der Waals surface area contributed by atoms with Gasteiger partial charge < -0.3 is 20.4 Å². The maximum Gasteiger partial charge on any atom is 0.287 e. The Labute approximate surface area is 124 Å². The SMILES string of the molecule is Cl.O=C(CNCC1CC1)NCCNC(=O)c1ccco1. The Morgan fingerprint density at radius 1 is 1.25 bits per heavy atom. The predicted octanol–water partition coefficient (Wildman–Crippen LogP) is 0.547. The van der Waals surface area contributed by atoms with E-state index in [0.29, 0.717) is 19.6 Å². The van der Waals surface area contributed by atoms with E-state index in [-0.39, 0.29) is 30.0 Å². The molecule has 7 heteroatoms. The summed E-state index contributed by atoms with van der Waals surface area (Å²) in [4.78, 5) is 22.9. The highest BCUT2D eigenvalue weighted by Gasteiger charge is 2.20. The van der Waals surface area contributed by atoms with Crippen LogP contribution in [-0.2, 0) is 4.79 Å². The van der Waals surface area contributed by atoms with E-state index in [0.717, 1.165) is 12.5 Å². The van der Waals surface area contributed by atoms with E-state index in [1.807, 2.05) is 0 Å². The van der Waals surface area contributed by atoms with E-state index in [4.69, 9.17) is 4.42 Å². The lowest BCUT2D eigenvalue weighted by Crippen LogP contribution is -2.39. The fraction of sp³-hybridized carbons (Fsp3) is 0.538. The number of halogens is 1. The molecule has 3 N–H and O–H groups in total. The van der Waals surface area contributed by atoms with Crippen molar-refractivity contribution < 1.29 is 14.0 Å². The Hall–Kier alpha value is -1.53. The van der Waals surface area contributed by atoms with Crippen LogP contribution in [0, 0.1) is 5.92 Å². The molecule has 0 aliphatic heterocycles. The first-order chi connectivity index (χ1) is 9.25. The molecule has 0 unspecified atom stereocenters. The summed E-state index contributed by atoms with van der Waals surface area (Å²) in [7, 11) is 0. The van der Waals surface area contributed by atoms with E-state index in [2.05, 4.69) is 16.0 Å². The molecule has 1 aromatic heterocycles. The highest BCUT2D eigenvalue weighted by atomic mass is 35.5. The van der Waals surface area contributed by atoms with Gasteiger partial charge >= 0.3 is 0 Å². The van der Waals surface area contributed by atoms with Gasteiger partial charge in [0.2, 0.25) is 5.91 Å². The molecule has 2 amide bonds. The van der Waals surface area contributed by atoms with Crippen LogP contribution in [0.4, 0.5) is 0 Å². The standard InChI is InChI=1S/C13H19N3O3.ClH/c17-12(9-14-8-10-3-4-10)15-5-6-16-13(18)11-2-1-7-19-11;/h1-2,7,10,14H,3-6,8-9H2,(H,15,17)(H,16,18);1H. The first-order valence-corrected chi connectivity index (χ1v) is 6.55. The molecule has 112 valence electrons. The van der Waals surface area contributed by atoms with Gasteiger partial charge in [-0.25, -0.2) is 0 Å². The Bertz CT molecular complexity index is 419. The summed E-state index contributed by atoms with van der Waals surface area (Å²) in [6, 6.07) is 3.25. The molecule has 0 radical (unpaired) electrons. The summed E-state index contributed by atoms with van der Waals surface area (Å²) < 4.78 is 4.95. The summed E-state index contributed by atoms with van der Waals surface area (Å²) in [5.74, 6) is 0.719. The van der Waals surface area contributed by atoms with Gasteiger partial charge in [0.1, 0.15) is 0 Å². The van der Waals surface area contributed by atoms with Crippen LogP contribution >= 0.6 is 12.4 Å². The molecule has 6 nitrogen and oxygen atoms in total. The number of carbonyl (C=O) groups is 2. The molecule has 1 aliphatic carbocycles. The number of hydrogen-bond acceptors (Lipinski definition) is 4. The molecule has 0 saturated heterocycles. The molecular formula is C13H20ClN3O3. The fourth-order valence-electron chi connectivity index (χ4n) is 1.65. The van der Waals surface area contributed by atoms with Gasteiger partial charge in [0.15, 0.2) is 5.76 Å². The molecule has 20 heavy (non-hydrogen) atoms. The summed E-state index contributed by atoms with van der Waals surface area (Å²) in [5.41, 5.74) is 0. The number of nitrogens with one attached hydrogen (secondary N) is 3. The monoisotopic (exact) mass is 301 g/mol. The van der Waals surface area contributed by atoms with Crippen molar-refractivity contribution in [2.75, 3.05) is 26.2 Å². The van der Waals surface area contributed by atoms with Gasteiger partial charge in [0, 0.05) is 13.1 Å². The second-order valence-electron chi connectivity index (χ2n) is 4.66. The van der Waals surface area contributed by atoms with Crippen molar-refractivity contribution in [1.82, 2.24) is 16.0 Å². The van der Waals surface area contributed by atoms with E-state index in [9.17, 15) is 9.59 Å². The first-order valence-electron chi connectivity index (χ1n) is 6.55. The second kappa shape index (κ2) is 8.60. The minimum atomic E-state index is -0.272. The topological polar surface area (TPSA) is 83.4 Å². The quantitative estimate of drug-likeness (QED) is 0.612. The zero-order chi connectivity index (χ0) is 13.5. The van der Waals surface area contributed by atoms with Crippen LogP contribution in [0.2, 0.25) is 0 Å². The van der Waals surface area contributed by atoms with Gasteiger partial charge in [0.05, 0.1) is 12.8 Å². The lowest BCUT2D eigenvalue weighted by Gasteiger charge is -2.07. The smallest absolute Gasteiger partial charge is 0.287 e. The van der Waals surface area contributed by atoms with Gasteiger partial charge in [-0.1, -0.05) is 0 Å². The summed E-state index contributed by atoms with van der Waals surface area (Å²) >= 11 is 0. The zero-order valence-corrected chi connectivity index (χ0v) is 12.0. The van der Waals surface area contributed by atoms with Crippen molar-refractivity contribution in [3.8, 4) is 0 Å². The lowest BCUT2D eigenvalue weighted by molar-refractivity contribution is -0.120. The third-order valence-electron chi connectivity index (χ3n) is 2.89. The van der Waals surface area contributed by atoms with Crippen LogP contribution in [0.15, 0.2) is 22.8 Å². The first kappa shape index (κ1) is 16.5. The van der Waals surface area contributed by atoms with Crippen molar-refractivity contribution in [3.05, 3.63) is 24.2 Å². The predicted molar refractivity (Wildman–Crippen MR) is 76.9 cm³/mol. The number of amides is 2. The molecule has 2 rings (SSSR count). The molecular weight excluding hydrogens is 282 g/mol. The second-order valence-corrected chi connectivity index (χ2v) is 4.66. The molecule has 1 aromatic rings. The van der Waals surface area contributed by atoms with Crippen LogP contribution in [0.5, 0.6) is 0 Å². The highest BCUT2D eigenvalue weighted by Crippen LogP contribution is 2.27. The third-order valence-corrected chi connectivity index (χ3v) is 2.89. The number of hydrogen-bond donors (Lipinski definition) is 3. The lowest BCUT2D eigenvalue weighted by atomic mass is 10.4. The van der Waals surface area contributed by atoms with Crippen LogP contribution < -0.4 is 16.0 Å².